The SMILES string of the molecule is COc1ccc(S(=O)(=O)N(CC(C)C)C[C@@H](O)[C@H](Cc2ccc(OC)c(Cl)c2)NC(=O)O[C@H]2CO[C@H]3OCC[C@H]32)cc1. The monoisotopic (exact) mass is 626 g/mol. The summed E-state index contributed by atoms with van der Waals surface area (Å²) in [7, 11) is -0.987. The van der Waals surface area contributed by atoms with Crippen molar-refractivity contribution in [1.82, 2.24) is 9.62 Å². The minimum absolute atomic E-state index is 0.0362. The molecule has 0 saturated carbocycles. The van der Waals surface area contributed by atoms with Crippen molar-refractivity contribution in [2.24, 2.45) is 11.8 Å². The molecule has 4 rings (SSSR count). The maximum atomic E-state index is 13.7. The Morgan fingerprint density at radius 3 is 2.50 bits per heavy atom. The zero-order chi connectivity index (χ0) is 30.4. The normalized spacial score (nSPS) is 21.7. The van der Waals surface area contributed by atoms with Crippen LogP contribution in [0, 0.1) is 11.8 Å². The number of aliphatic hydroxyl groups is 1. The molecule has 1 amide bonds. The Morgan fingerprint density at radius 2 is 1.86 bits per heavy atom. The van der Waals surface area contributed by atoms with Crippen molar-refractivity contribution in [2.75, 3.05) is 40.5 Å². The number of sulfonamides is 1. The van der Waals surface area contributed by atoms with Crippen LogP contribution in [0.1, 0.15) is 25.8 Å². The van der Waals surface area contributed by atoms with E-state index in [2.05, 4.69) is 5.32 Å². The number of carbonyl (C=O) groups excluding carboxylic acids is 1. The molecule has 11 nitrogen and oxygen atoms in total. The minimum atomic E-state index is -3.99. The highest BCUT2D eigenvalue weighted by atomic mass is 35.5. The lowest BCUT2D eigenvalue weighted by Gasteiger charge is -2.31. The predicted octanol–water partition coefficient (Wildman–Crippen LogP) is 3.46. The fourth-order valence-corrected chi connectivity index (χ4v) is 7.06. The predicted molar refractivity (Wildman–Crippen MR) is 155 cm³/mol. The van der Waals surface area contributed by atoms with Crippen molar-refractivity contribution in [3.63, 3.8) is 0 Å². The van der Waals surface area contributed by atoms with Crippen LogP contribution in [0.15, 0.2) is 47.4 Å². The van der Waals surface area contributed by atoms with E-state index < -0.39 is 40.7 Å². The van der Waals surface area contributed by atoms with E-state index in [0.717, 1.165) is 0 Å². The molecule has 2 N–H and O–H groups in total. The molecule has 0 aliphatic carbocycles. The molecule has 42 heavy (non-hydrogen) atoms. The van der Waals surface area contributed by atoms with Crippen molar-refractivity contribution in [3.8, 4) is 11.5 Å². The highest BCUT2D eigenvalue weighted by molar-refractivity contribution is 7.89. The van der Waals surface area contributed by atoms with E-state index in [4.69, 9.17) is 35.3 Å². The van der Waals surface area contributed by atoms with Crippen molar-refractivity contribution in [1.29, 1.82) is 0 Å². The van der Waals surface area contributed by atoms with E-state index >= 15 is 0 Å². The first-order valence-corrected chi connectivity index (χ1v) is 15.7. The molecule has 2 aliphatic heterocycles. The van der Waals surface area contributed by atoms with Gasteiger partial charge in [-0.25, -0.2) is 13.2 Å². The highest BCUT2D eigenvalue weighted by Gasteiger charge is 2.44. The molecule has 0 unspecified atom stereocenters. The average Bonchev–Trinajstić information content (AvgIpc) is 3.57. The Hall–Kier alpha value is -2.61. The number of rotatable bonds is 13. The van der Waals surface area contributed by atoms with Gasteiger partial charge in [-0.05, 0) is 60.7 Å². The molecule has 0 bridgehead atoms. The van der Waals surface area contributed by atoms with Crippen LogP contribution in [0.25, 0.3) is 0 Å². The number of halogens is 1. The number of nitrogens with zero attached hydrogens (tertiary/aromatic N) is 1. The summed E-state index contributed by atoms with van der Waals surface area (Å²) in [4.78, 5) is 13.1. The number of nitrogens with one attached hydrogen (secondary N) is 1. The first kappa shape index (κ1) is 32.3. The number of benzene rings is 2. The number of hydrogen-bond donors (Lipinski definition) is 2. The number of hydrogen-bond acceptors (Lipinski definition) is 9. The molecule has 232 valence electrons. The summed E-state index contributed by atoms with van der Waals surface area (Å²) < 4.78 is 55.7. The molecule has 2 aromatic rings. The highest BCUT2D eigenvalue weighted by Crippen LogP contribution is 2.33. The summed E-state index contributed by atoms with van der Waals surface area (Å²) in [6.07, 6.45) is -2.06. The molecule has 2 aromatic carbocycles. The van der Waals surface area contributed by atoms with Gasteiger partial charge in [-0.1, -0.05) is 31.5 Å². The second-order valence-electron chi connectivity index (χ2n) is 10.9. The van der Waals surface area contributed by atoms with E-state index in [1.807, 2.05) is 13.8 Å². The van der Waals surface area contributed by atoms with Gasteiger partial charge in [0.25, 0.3) is 0 Å². The fraction of sp³-hybridized carbons (Fsp3) is 0.552. The van der Waals surface area contributed by atoms with E-state index in [1.54, 1.807) is 30.3 Å². The summed E-state index contributed by atoms with van der Waals surface area (Å²) in [5.41, 5.74) is 0.701. The standard InChI is InChI=1S/C29H39ClN2O9S/c1-18(2)15-32(42(35,36)21-8-6-20(37-3)7-9-21)16-25(33)24(14-19-5-10-26(38-4)23(30)13-19)31-29(34)41-27-17-40-28-22(27)11-12-39-28/h5-10,13,18,22,24-25,27-28,33H,11-12,14-17H2,1-4H3,(H,31,34)/t22-,24-,25+,27-,28+/m0/s1. The maximum absolute atomic E-state index is 13.7. The molecule has 2 heterocycles. The summed E-state index contributed by atoms with van der Waals surface area (Å²) in [5.74, 6) is 0.906. The Labute approximate surface area is 252 Å². The molecule has 2 fully saturated rings. The molecule has 0 spiro atoms. The number of alkyl carbamates (subject to hydrolysis) is 1. The molecular formula is C29H39ClN2O9S. The van der Waals surface area contributed by atoms with Gasteiger partial charge in [-0.2, -0.15) is 4.31 Å². The largest absolute Gasteiger partial charge is 0.497 e. The number of fused-ring (bicyclic) bond motifs is 1. The third kappa shape index (κ3) is 7.86. The number of ether oxygens (including phenoxy) is 5. The minimum Gasteiger partial charge on any atom is -0.497 e. The lowest BCUT2D eigenvalue weighted by Crippen LogP contribution is -2.51. The van der Waals surface area contributed by atoms with Gasteiger partial charge in [0.2, 0.25) is 10.0 Å². The number of carbonyl (C=O) groups is 1. The fourth-order valence-electron chi connectivity index (χ4n) is 5.16. The molecular weight excluding hydrogens is 588 g/mol. The Morgan fingerprint density at radius 1 is 1.12 bits per heavy atom. The number of methoxy groups -OCH3 is 2. The van der Waals surface area contributed by atoms with Crippen molar-refractivity contribution < 1.29 is 42.0 Å². The second kappa shape index (κ2) is 14.2. The summed E-state index contributed by atoms with van der Waals surface area (Å²) in [5, 5.41) is 14.6. The summed E-state index contributed by atoms with van der Waals surface area (Å²) in [6, 6.07) is 10.3. The second-order valence-corrected chi connectivity index (χ2v) is 13.2. The quantitative estimate of drug-likeness (QED) is 0.343. The molecule has 5 atom stereocenters. The van der Waals surface area contributed by atoms with Gasteiger partial charge < -0.3 is 34.1 Å². The molecule has 2 saturated heterocycles. The van der Waals surface area contributed by atoms with Gasteiger partial charge in [0.1, 0.15) is 17.6 Å². The van der Waals surface area contributed by atoms with Crippen LogP contribution in [-0.2, 0) is 30.7 Å². The third-order valence-corrected chi connectivity index (χ3v) is 9.48. The van der Waals surface area contributed by atoms with E-state index in [0.29, 0.717) is 35.1 Å². The molecule has 0 radical (unpaired) electrons. The van der Waals surface area contributed by atoms with Crippen molar-refractivity contribution in [3.05, 3.63) is 53.1 Å². The van der Waals surface area contributed by atoms with Crippen molar-refractivity contribution in [2.45, 2.75) is 56.1 Å². The van der Waals surface area contributed by atoms with E-state index in [1.165, 1.54) is 30.7 Å². The topological polar surface area (TPSA) is 133 Å². The maximum Gasteiger partial charge on any atom is 0.407 e. The molecule has 2 aliphatic rings. The van der Waals surface area contributed by atoms with Crippen molar-refractivity contribution >= 4 is 27.7 Å². The first-order valence-electron chi connectivity index (χ1n) is 13.9. The van der Waals surface area contributed by atoms with Crippen LogP contribution in [0.2, 0.25) is 5.02 Å². The number of aliphatic hydroxyl groups excluding tert-OH is 1. The van der Waals surface area contributed by atoms with Crippen LogP contribution in [0.3, 0.4) is 0 Å². The van der Waals surface area contributed by atoms with Gasteiger partial charge in [0.05, 0.1) is 55.4 Å². The van der Waals surface area contributed by atoms with Gasteiger partial charge in [-0.15, -0.1) is 0 Å². The lowest BCUT2D eigenvalue weighted by molar-refractivity contribution is -0.0907. The molecule has 13 heteroatoms. The zero-order valence-corrected chi connectivity index (χ0v) is 25.8. The zero-order valence-electron chi connectivity index (χ0n) is 24.2. The van der Waals surface area contributed by atoms with Gasteiger partial charge in [-0.3, -0.25) is 0 Å². The van der Waals surface area contributed by atoms with Crippen LogP contribution in [-0.4, -0.2) is 89.0 Å². The van der Waals surface area contributed by atoms with Crippen LogP contribution in [0.5, 0.6) is 11.5 Å². The van der Waals surface area contributed by atoms with Crippen LogP contribution < -0.4 is 14.8 Å². The average molecular weight is 627 g/mol. The third-order valence-electron chi connectivity index (χ3n) is 7.34. The van der Waals surface area contributed by atoms with E-state index in [9.17, 15) is 18.3 Å². The Bertz CT molecular complexity index is 1310. The Kier molecular flexibility index (Phi) is 11.0. The van der Waals surface area contributed by atoms with Gasteiger partial charge in [0, 0.05) is 13.1 Å². The number of amides is 1. The van der Waals surface area contributed by atoms with Crippen LogP contribution >= 0.6 is 11.6 Å². The molecule has 0 aromatic heterocycles. The Balaban J connectivity index is 1.55. The van der Waals surface area contributed by atoms with Gasteiger partial charge in [0.15, 0.2) is 6.29 Å². The summed E-state index contributed by atoms with van der Waals surface area (Å²) >= 11 is 6.33. The summed E-state index contributed by atoms with van der Waals surface area (Å²) in [6.45, 7) is 4.40. The van der Waals surface area contributed by atoms with Crippen LogP contribution in [0.4, 0.5) is 4.79 Å². The van der Waals surface area contributed by atoms with Gasteiger partial charge >= 0.3 is 6.09 Å². The first-order chi connectivity index (χ1) is 20.0. The lowest BCUT2D eigenvalue weighted by atomic mass is 10.0. The van der Waals surface area contributed by atoms with E-state index in [-0.39, 0.29) is 42.8 Å². The smallest absolute Gasteiger partial charge is 0.407 e.